The predicted molar refractivity (Wildman–Crippen MR) is 159 cm³/mol. The van der Waals surface area contributed by atoms with Gasteiger partial charge in [0.1, 0.15) is 0 Å². The van der Waals surface area contributed by atoms with Crippen molar-refractivity contribution in [2.24, 2.45) is 0 Å². The predicted octanol–water partition coefficient (Wildman–Crippen LogP) is 9.18. The first-order valence-corrected chi connectivity index (χ1v) is 14.0. The Labute approximate surface area is 247 Å². The molecule has 2 N–H and O–H groups in total. The number of rotatable bonds is 8. The van der Waals surface area contributed by atoms with Crippen molar-refractivity contribution >= 4 is 10.8 Å². The molecule has 3 aromatic carbocycles. The first kappa shape index (κ1) is 30.8. The fourth-order valence-corrected chi connectivity index (χ4v) is 5.83. The molecule has 1 aliphatic rings. The molecule has 1 radical (unpaired) electrons. The van der Waals surface area contributed by atoms with Crippen LogP contribution in [0, 0.1) is 6.07 Å². The minimum Gasteiger partial charge on any atom is -0.513 e. The molecule has 1 aliphatic carbocycles. The van der Waals surface area contributed by atoms with Gasteiger partial charge in [0.25, 0.3) is 0 Å². The van der Waals surface area contributed by atoms with Crippen molar-refractivity contribution in [2.45, 2.75) is 77.7 Å². The minimum atomic E-state index is -0.537. The Morgan fingerprint density at radius 2 is 1.62 bits per heavy atom. The zero-order valence-electron chi connectivity index (χ0n) is 23.5. The zero-order valence-corrected chi connectivity index (χ0v) is 25.9. The van der Waals surface area contributed by atoms with E-state index in [2.05, 4.69) is 86.6 Å². The number of hydrogen-bond acceptors (Lipinski definition) is 3. The third kappa shape index (κ3) is 6.69. The van der Waals surface area contributed by atoms with E-state index in [-0.39, 0.29) is 31.3 Å². The number of unbranched alkanes of at least 4 members (excludes halogenated alkanes) is 2. The molecule has 0 saturated carbocycles. The Kier molecular flexibility index (Phi) is 11.1. The monoisotopic (exact) mass is 699 g/mol. The molecule has 3 nitrogen and oxygen atoms in total. The first-order valence-electron chi connectivity index (χ1n) is 14.0. The van der Waals surface area contributed by atoms with Crippen molar-refractivity contribution in [1.82, 2.24) is 4.98 Å². The van der Waals surface area contributed by atoms with Crippen molar-refractivity contribution in [2.75, 3.05) is 0 Å². The first-order chi connectivity index (χ1) is 18.4. The summed E-state index contributed by atoms with van der Waals surface area (Å²) in [5.74, 6) is 0.162. The van der Waals surface area contributed by atoms with Crippen LogP contribution in [-0.2, 0) is 25.5 Å². The molecule has 0 aliphatic heterocycles. The van der Waals surface area contributed by atoms with E-state index < -0.39 is 6.10 Å². The van der Waals surface area contributed by atoms with Gasteiger partial charge in [0.15, 0.2) is 0 Å². The number of benzene rings is 3. The van der Waals surface area contributed by atoms with E-state index in [0.717, 1.165) is 11.3 Å². The molecule has 4 aromatic rings. The van der Waals surface area contributed by atoms with E-state index in [1.54, 1.807) is 6.92 Å². The second-order valence-corrected chi connectivity index (χ2v) is 10.4. The smallest absolute Gasteiger partial charge is 0.0877 e. The Bertz CT molecular complexity index is 1390. The van der Waals surface area contributed by atoms with Gasteiger partial charge in [-0.1, -0.05) is 99.2 Å². The largest absolute Gasteiger partial charge is 0.513 e. The van der Waals surface area contributed by atoms with Crippen molar-refractivity contribution in [3.8, 4) is 22.4 Å². The van der Waals surface area contributed by atoms with Crippen molar-refractivity contribution in [1.29, 1.82) is 0 Å². The molecule has 0 bridgehead atoms. The third-order valence-corrected chi connectivity index (χ3v) is 7.52. The molecular weight excluding hydrogens is 659 g/mol. The second-order valence-electron chi connectivity index (χ2n) is 10.4. The van der Waals surface area contributed by atoms with Crippen LogP contribution in [0.5, 0.6) is 0 Å². The van der Waals surface area contributed by atoms with Gasteiger partial charge in [-0.2, -0.15) is 0 Å². The van der Waals surface area contributed by atoms with Crippen molar-refractivity contribution in [3.05, 3.63) is 102 Å². The molecule has 5 rings (SSSR count). The number of fused-ring (bicyclic) bond motifs is 4. The molecule has 1 unspecified atom stereocenters. The third-order valence-electron chi connectivity index (χ3n) is 7.52. The normalized spacial score (nSPS) is 14.0. The summed E-state index contributed by atoms with van der Waals surface area (Å²) in [7, 11) is 0. The number of aliphatic hydroxyl groups excluding tert-OH is 2. The van der Waals surface area contributed by atoms with E-state index >= 15 is 0 Å². The summed E-state index contributed by atoms with van der Waals surface area (Å²) >= 11 is 0. The number of aliphatic hydroxyl groups is 2. The van der Waals surface area contributed by atoms with E-state index in [4.69, 9.17) is 15.2 Å². The van der Waals surface area contributed by atoms with Crippen LogP contribution in [0.1, 0.15) is 77.3 Å². The molecule has 0 amide bonds. The van der Waals surface area contributed by atoms with Crippen LogP contribution in [0.2, 0.25) is 0 Å². The molecule has 39 heavy (non-hydrogen) atoms. The molecule has 4 heteroatoms. The Morgan fingerprint density at radius 3 is 2.26 bits per heavy atom. The van der Waals surface area contributed by atoms with E-state index in [1.807, 2.05) is 6.20 Å². The van der Waals surface area contributed by atoms with E-state index in [9.17, 15) is 0 Å². The molecule has 1 atom stereocenters. The van der Waals surface area contributed by atoms with Crippen LogP contribution in [-0.4, -0.2) is 21.3 Å². The van der Waals surface area contributed by atoms with Gasteiger partial charge in [-0.05, 0) is 60.9 Å². The van der Waals surface area contributed by atoms with Crippen LogP contribution < -0.4 is 0 Å². The molecule has 207 valence electrons. The van der Waals surface area contributed by atoms with Crippen LogP contribution >= 0.6 is 0 Å². The van der Waals surface area contributed by atoms with Gasteiger partial charge in [-0.3, -0.25) is 0 Å². The maximum absolute atomic E-state index is 8.49. The Hall–Kier alpha value is -2.78. The van der Waals surface area contributed by atoms with Crippen LogP contribution in [0.3, 0.4) is 0 Å². The number of hydrogen-bond donors (Lipinski definition) is 2. The second kappa shape index (κ2) is 14.0. The van der Waals surface area contributed by atoms with Crippen LogP contribution in [0.4, 0.5) is 0 Å². The number of aromatic nitrogens is 1. The summed E-state index contributed by atoms with van der Waals surface area (Å²) in [5, 5.41) is 19.3. The summed E-state index contributed by atoms with van der Waals surface area (Å²) < 4.78 is 0. The number of nitrogens with zero attached hydrogens (tertiary/aromatic N) is 1. The fourth-order valence-electron chi connectivity index (χ4n) is 5.83. The summed E-state index contributed by atoms with van der Waals surface area (Å²) in [5.41, 5.74) is 8.02. The topological polar surface area (TPSA) is 53.4 Å². The average Bonchev–Trinajstić information content (AvgIpc) is 3.19. The standard InChI is InChI=1S/C30H30N.C5H10O2.Ir/c1-3-5-18-30(19-6-4-2)27-14-10-9-13-25(27)26-16-15-23(21-28(26)30)29-24-12-8-7-11-22(24)17-20-31-29;1-4(6)3-5(2)7;/h7-14,16-17,20-21H,3-6,18-19H2,1-2H3;3-4,6-7H,1-2H3;/q-1;;/b;5-3-;. The summed E-state index contributed by atoms with van der Waals surface area (Å²) in [6, 6.07) is 27.9. The maximum atomic E-state index is 8.49. The van der Waals surface area contributed by atoms with Gasteiger partial charge in [-0.25, -0.2) is 0 Å². The van der Waals surface area contributed by atoms with Gasteiger partial charge in [0, 0.05) is 31.7 Å². The van der Waals surface area contributed by atoms with Crippen LogP contribution in [0.15, 0.2) is 84.8 Å². The zero-order chi connectivity index (χ0) is 27.1. The number of pyridine rings is 1. The summed E-state index contributed by atoms with van der Waals surface area (Å²) in [6.45, 7) is 7.71. The molecular formula is C35H40IrNO2-. The van der Waals surface area contributed by atoms with Gasteiger partial charge in [0.05, 0.1) is 11.9 Å². The maximum Gasteiger partial charge on any atom is 0.0877 e. The molecule has 0 spiro atoms. The summed E-state index contributed by atoms with van der Waals surface area (Å²) in [6.07, 6.45) is 10.1. The van der Waals surface area contributed by atoms with E-state index in [1.165, 1.54) is 84.6 Å². The van der Waals surface area contributed by atoms with Crippen molar-refractivity contribution in [3.63, 3.8) is 0 Å². The Balaban J connectivity index is 0.000000468. The summed E-state index contributed by atoms with van der Waals surface area (Å²) in [4.78, 5) is 4.79. The van der Waals surface area contributed by atoms with Gasteiger partial charge in [-0.15, -0.1) is 29.3 Å². The molecule has 0 saturated heterocycles. The van der Waals surface area contributed by atoms with Crippen LogP contribution in [0.25, 0.3) is 33.2 Å². The number of allylic oxidation sites excluding steroid dienone is 1. The SMILES string of the molecule is C/C(O)=C/C(C)O.CCCCC1(CCCC)c2ccccc2-c2c[c-]c(-c3nccc4ccccc34)cc21.[Ir]. The van der Waals surface area contributed by atoms with Gasteiger partial charge >= 0.3 is 0 Å². The molecule has 0 fully saturated rings. The van der Waals surface area contributed by atoms with Gasteiger partial charge in [0.2, 0.25) is 0 Å². The van der Waals surface area contributed by atoms with Gasteiger partial charge < -0.3 is 15.2 Å². The molecule has 1 heterocycles. The average molecular weight is 699 g/mol. The quantitative estimate of drug-likeness (QED) is 0.143. The molecule has 1 aromatic heterocycles. The Morgan fingerprint density at radius 1 is 0.949 bits per heavy atom. The minimum absolute atomic E-state index is 0. The van der Waals surface area contributed by atoms with E-state index in [0.29, 0.717) is 0 Å². The van der Waals surface area contributed by atoms with Crippen molar-refractivity contribution < 1.29 is 30.3 Å². The fraction of sp³-hybridized carbons (Fsp3) is 0.343.